The predicted octanol–water partition coefficient (Wildman–Crippen LogP) is 0.124. The van der Waals surface area contributed by atoms with Crippen LogP contribution in [-0.4, -0.2) is 60.3 Å². The van der Waals surface area contributed by atoms with Gasteiger partial charge in [-0.3, -0.25) is 9.69 Å². The number of ketones is 1. The molecule has 104 valence electrons. The zero-order valence-electron chi connectivity index (χ0n) is 10.9. The number of anilines is 1. The molecule has 3 N–H and O–H groups in total. The summed E-state index contributed by atoms with van der Waals surface area (Å²) in [5.74, 6) is 0.0246. The molecular formula is C14H20N2O3. The standard InChI is InChI=1S/C14H20N2O3/c17-7-5-16(6-8-18)10-14(19)12-1-2-13-11(9-12)3-4-15-13/h1-2,9,15,17-18H,3-8,10H2. The van der Waals surface area contributed by atoms with Crippen molar-refractivity contribution in [1.29, 1.82) is 0 Å². The topological polar surface area (TPSA) is 72.8 Å². The molecule has 5 nitrogen and oxygen atoms in total. The number of carbonyl (C=O) groups is 1. The van der Waals surface area contributed by atoms with Gasteiger partial charge >= 0.3 is 0 Å². The third-order valence-corrected chi connectivity index (χ3v) is 3.34. The highest BCUT2D eigenvalue weighted by Crippen LogP contribution is 2.23. The molecule has 0 unspecified atom stereocenters. The number of benzene rings is 1. The van der Waals surface area contributed by atoms with E-state index in [1.807, 2.05) is 18.2 Å². The van der Waals surface area contributed by atoms with Crippen LogP contribution >= 0.6 is 0 Å². The number of nitrogens with zero attached hydrogens (tertiary/aromatic N) is 1. The SMILES string of the molecule is O=C(CN(CCO)CCO)c1ccc2c(c1)CCN2. The van der Waals surface area contributed by atoms with Crippen LogP contribution in [-0.2, 0) is 6.42 Å². The molecule has 0 spiro atoms. The van der Waals surface area contributed by atoms with Gasteiger partial charge in [-0.15, -0.1) is 0 Å². The maximum absolute atomic E-state index is 12.2. The van der Waals surface area contributed by atoms with Crippen molar-refractivity contribution in [1.82, 2.24) is 4.90 Å². The molecule has 0 saturated carbocycles. The van der Waals surface area contributed by atoms with Crippen molar-refractivity contribution in [3.63, 3.8) is 0 Å². The second-order valence-electron chi connectivity index (χ2n) is 4.70. The molecule has 1 aromatic rings. The molecule has 0 aromatic heterocycles. The highest BCUT2D eigenvalue weighted by Gasteiger charge is 2.15. The van der Waals surface area contributed by atoms with Crippen molar-refractivity contribution >= 4 is 11.5 Å². The van der Waals surface area contributed by atoms with Crippen molar-refractivity contribution in [3.8, 4) is 0 Å². The molecule has 1 heterocycles. The normalized spacial score (nSPS) is 13.4. The summed E-state index contributed by atoms with van der Waals surface area (Å²) in [6.07, 6.45) is 0.952. The molecule has 0 bridgehead atoms. The largest absolute Gasteiger partial charge is 0.395 e. The minimum atomic E-state index is -0.0125. The number of hydrogen-bond donors (Lipinski definition) is 3. The van der Waals surface area contributed by atoms with Gasteiger partial charge in [-0.1, -0.05) is 0 Å². The molecular weight excluding hydrogens is 244 g/mol. The average molecular weight is 264 g/mol. The lowest BCUT2D eigenvalue weighted by Crippen LogP contribution is -2.34. The molecule has 0 radical (unpaired) electrons. The summed E-state index contributed by atoms with van der Waals surface area (Å²) in [4.78, 5) is 13.9. The van der Waals surface area contributed by atoms with E-state index in [-0.39, 0.29) is 25.5 Å². The third-order valence-electron chi connectivity index (χ3n) is 3.34. The van der Waals surface area contributed by atoms with E-state index < -0.39 is 0 Å². The summed E-state index contributed by atoms with van der Waals surface area (Å²) < 4.78 is 0. The first kappa shape index (κ1) is 14.0. The highest BCUT2D eigenvalue weighted by molar-refractivity contribution is 5.98. The Bertz CT molecular complexity index is 442. The van der Waals surface area contributed by atoms with Gasteiger partial charge in [0, 0.05) is 30.9 Å². The number of nitrogens with one attached hydrogen (secondary N) is 1. The van der Waals surface area contributed by atoms with E-state index in [4.69, 9.17) is 10.2 Å². The first-order valence-corrected chi connectivity index (χ1v) is 6.58. The molecule has 0 saturated heterocycles. The first-order valence-electron chi connectivity index (χ1n) is 6.58. The fourth-order valence-electron chi connectivity index (χ4n) is 2.33. The van der Waals surface area contributed by atoms with Crippen molar-refractivity contribution in [2.24, 2.45) is 0 Å². The van der Waals surface area contributed by atoms with Gasteiger partial charge in [0.05, 0.1) is 19.8 Å². The molecule has 0 atom stereocenters. The first-order chi connectivity index (χ1) is 9.24. The van der Waals surface area contributed by atoms with Crippen LogP contribution in [0.25, 0.3) is 0 Å². The van der Waals surface area contributed by atoms with Crippen molar-refractivity contribution in [2.75, 3.05) is 44.7 Å². The Kier molecular flexibility index (Phi) is 4.90. The van der Waals surface area contributed by atoms with Crippen LogP contribution in [0.1, 0.15) is 15.9 Å². The van der Waals surface area contributed by atoms with Gasteiger partial charge in [-0.05, 0) is 30.2 Å². The Hall–Kier alpha value is -1.43. The van der Waals surface area contributed by atoms with Gasteiger partial charge in [-0.25, -0.2) is 0 Å². The summed E-state index contributed by atoms with van der Waals surface area (Å²) >= 11 is 0. The third kappa shape index (κ3) is 3.53. The van der Waals surface area contributed by atoms with Crippen LogP contribution < -0.4 is 5.32 Å². The van der Waals surface area contributed by atoms with Crippen LogP contribution in [0, 0.1) is 0 Å². The molecule has 0 amide bonds. The van der Waals surface area contributed by atoms with Crippen LogP contribution in [0.2, 0.25) is 0 Å². The Labute approximate surface area is 112 Å². The van der Waals surface area contributed by atoms with E-state index in [1.54, 1.807) is 4.90 Å². The van der Waals surface area contributed by atoms with E-state index in [0.717, 1.165) is 18.7 Å². The van der Waals surface area contributed by atoms with Crippen LogP contribution in [0.4, 0.5) is 5.69 Å². The lowest BCUT2D eigenvalue weighted by Gasteiger charge is -2.19. The van der Waals surface area contributed by atoms with E-state index in [9.17, 15) is 4.79 Å². The zero-order chi connectivity index (χ0) is 13.7. The smallest absolute Gasteiger partial charge is 0.176 e. The van der Waals surface area contributed by atoms with Gasteiger partial charge in [-0.2, -0.15) is 0 Å². The molecule has 0 fully saturated rings. The second-order valence-corrected chi connectivity index (χ2v) is 4.70. The van der Waals surface area contributed by atoms with Crippen molar-refractivity contribution in [2.45, 2.75) is 6.42 Å². The Morgan fingerprint density at radius 3 is 2.68 bits per heavy atom. The van der Waals surface area contributed by atoms with Gasteiger partial charge in [0.1, 0.15) is 0 Å². The molecule has 2 rings (SSSR count). The fourth-order valence-corrected chi connectivity index (χ4v) is 2.33. The number of Topliss-reactive ketones (excluding diaryl/α,β-unsaturated/α-hetero) is 1. The van der Waals surface area contributed by atoms with Crippen molar-refractivity contribution in [3.05, 3.63) is 29.3 Å². The number of aliphatic hydroxyl groups excluding tert-OH is 2. The van der Waals surface area contributed by atoms with Crippen LogP contribution in [0.3, 0.4) is 0 Å². The van der Waals surface area contributed by atoms with Crippen LogP contribution in [0.15, 0.2) is 18.2 Å². The molecule has 1 aliphatic rings. The fraction of sp³-hybridized carbons (Fsp3) is 0.500. The number of rotatable bonds is 7. The summed E-state index contributed by atoms with van der Waals surface area (Å²) in [6.45, 7) is 1.93. The molecule has 0 aliphatic carbocycles. The lowest BCUT2D eigenvalue weighted by atomic mass is 10.0. The van der Waals surface area contributed by atoms with E-state index in [0.29, 0.717) is 18.7 Å². The summed E-state index contributed by atoms with van der Waals surface area (Å²) in [5, 5.41) is 21.1. The molecule has 1 aliphatic heterocycles. The quantitative estimate of drug-likeness (QED) is 0.610. The number of carbonyl (C=O) groups excluding carboxylic acids is 1. The summed E-state index contributed by atoms with van der Waals surface area (Å²) in [6, 6.07) is 5.71. The Morgan fingerprint density at radius 2 is 2.00 bits per heavy atom. The van der Waals surface area contributed by atoms with E-state index in [2.05, 4.69) is 5.32 Å². The summed E-state index contributed by atoms with van der Waals surface area (Å²) in [5.41, 5.74) is 2.99. The maximum atomic E-state index is 12.2. The minimum Gasteiger partial charge on any atom is -0.395 e. The highest BCUT2D eigenvalue weighted by atomic mass is 16.3. The monoisotopic (exact) mass is 264 g/mol. The Morgan fingerprint density at radius 1 is 1.26 bits per heavy atom. The lowest BCUT2D eigenvalue weighted by molar-refractivity contribution is 0.0894. The number of fused-ring (bicyclic) bond motifs is 1. The summed E-state index contributed by atoms with van der Waals surface area (Å²) in [7, 11) is 0. The number of hydrogen-bond acceptors (Lipinski definition) is 5. The molecule has 5 heteroatoms. The average Bonchev–Trinajstić information content (AvgIpc) is 2.86. The maximum Gasteiger partial charge on any atom is 0.176 e. The van der Waals surface area contributed by atoms with Crippen molar-refractivity contribution < 1.29 is 15.0 Å². The molecule has 19 heavy (non-hydrogen) atoms. The van der Waals surface area contributed by atoms with Gasteiger partial charge in [0.15, 0.2) is 5.78 Å². The number of aliphatic hydroxyl groups is 2. The van der Waals surface area contributed by atoms with Gasteiger partial charge in [0.25, 0.3) is 0 Å². The Balaban J connectivity index is 2.02. The predicted molar refractivity (Wildman–Crippen MR) is 73.6 cm³/mol. The molecule has 1 aromatic carbocycles. The van der Waals surface area contributed by atoms with Crippen LogP contribution in [0.5, 0.6) is 0 Å². The van der Waals surface area contributed by atoms with Gasteiger partial charge < -0.3 is 15.5 Å². The minimum absolute atomic E-state index is 0.0125. The van der Waals surface area contributed by atoms with Gasteiger partial charge in [0.2, 0.25) is 0 Å². The zero-order valence-corrected chi connectivity index (χ0v) is 10.9. The van der Waals surface area contributed by atoms with E-state index >= 15 is 0 Å². The van der Waals surface area contributed by atoms with E-state index in [1.165, 1.54) is 5.56 Å². The second kappa shape index (κ2) is 6.65.